The van der Waals surface area contributed by atoms with Crippen molar-refractivity contribution in [3.8, 4) is 5.88 Å². The van der Waals surface area contributed by atoms with Gasteiger partial charge in [-0.2, -0.15) is 0 Å². The zero-order valence-electron chi connectivity index (χ0n) is 14.7. The van der Waals surface area contributed by atoms with E-state index >= 15 is 0 Å². The van der Waals surface area contributed by atoms with Gasteiger partial charge in [0.15, 0.2) is 0 Å². The summed E-state index contributed by atoms with van der Waals surface area (Å²) in [6, 6.07) is 3.70. The topological polar surface area (TPSA) is 62.6 Å². The molecule has 1 aromatic heterocycles. The number of pyridine rings is 1. The summed E-state index contributed by atoms with van der Waals surface area (Å²) in [7, 11) is 0. The van der Waals surface area contributed by atoms with E-state index in [9.17, 15) is 10.1 Å². The van der Waals surface area contributed by atoms with Crippen molar-refractivity contribution in [3.05, 3.63) is 23.9 Å². The Kier molecular flexibility index (Phi) is 4.12. The number of aromatic nitrogens is 1. The van der Waals surface area contributed by atoms with Crippen molar-refractivity contribution in [1.29, 1.82) is 0 Å². The Hall–Kier alpha value is -1.07. The molecule has 0 aromatic carbocycles. The van der Waals surface area contributed by atoms with Crippen LogP contribution in [0.15, 0.2) is 18.3 Å². The standard InChI is InChI=1S/C17H28BNO3/c1-15(2,3)22-12-9-8-11(10-19-12)13-14(20)16(4,5)17(6,7)18(13)21/h8-10,13-14,20-21H,1-7H3. The van der Waals surface area contributed by atoms with Crippen LogP contribution in [0, 0.1) is 5.41 Å². The maximum atomic E-state index is 10.7. The van der Waals surface area contributed by atoms with E-state index in [0.717, 1.165) is 5.56 Å². The monoisotopic (exact) mass is 305 g/mol. The van der Waals surface area contributed by atoms with E-state index in [1.165, 1.54) is 0 Å². The second kappa shape index (κ2) is 5.24. The summed E-state index contributed by atoms with van der Waals surface area (Å²) >= 11 is 0. The molecule has 2 rings (SSSR count). The third-order valence-electron chi connectivity index (χ3n) is 5.37. The number of rotatable bonds is 2. The first kappa shape index (κ1) is 17.3. The van der Waals surface area contributed by atoms with Gasteiger partial charge in [-0.05, 0) is 37.1 Å². The third kappa shape index (κ3) is 2.76. The van der Waals surface area contributed by atoms with Crippen molar-refractivity contribution < 1.29 is 14.9 Å². The predicted molar refractivity (Wildman–Crippen MR) is 89.2 cm³/mol. The van der Waals surface area contributed by atoms with Gasteiger partial charge in [0.2, 0.25) is 5.88 Å². The van der Waals surface area contributed by atoms with E-state index in [1.54, 1.807) is 12.3 Å². The Bertz CT molecular complexity index is 514. The van der Waals surface area contributed by atoms with Crippen LogP contribution >= 0.6 is 0 Å². The van der Waals surface area contributed by atoms with Crippen molar-refractivity contribution >= 4 is 6.92 Å². The molecule has 0 bridgehead atoms. The Labute approximate surface area is 134 Å². The zero-order chi connectivity index (χ0) is 16.9. The normalized spacial score (nSPS) is 27.0. The molecular weight excluding hydrogens is 277 g/mol. The Morgan fingerprint density at radius 2 is 1.77 bits per heavy atom. The molecule has 0 aliphatic carbocycles. The molecule has 2 heterocycles. The molecule has 1 saturated heterocycles. The molecule has 2 unspecified atom stereocenters. The van der Waals surface area contributed by atoms with Gasteiger partial charge in [-0.25, -0.2) is 4.98 Å². The van der Waals surface area contributed by atoms with Crippen molar-refractivity contribution in [2.75, 3.05) is 0 Å². The van der Waals surface area contributed by atoms with Crippen LogP contribution in [-0.4, -0.2) is 33.7 Å². The average Bonchev–Trinajstić information content (AvgIpc) is 2.48. The van der Waals surface area contributed by atoms with E-state index in [2.05, 4.69) is 4.98 Å². The lowest BCUT2D eigenvalue weighted by molar-refractivity contribution is 0.0405. The molecule has 0 saturated carbocycles. The lowest BCUT2D eigenvalue weighted by atomic mass is 9.41. The minimum Gasteiger partial charge on any atom is -0.472 e. The molecule has 1 fully saturated rings. The highest BCUT2D eigenvalue weighted by atomic mass is 16.5. The highest BCUT2D eigenvalue weighted by molar-refractivity contribution is 6.57. The number of aliphatic hydroxyl groups excluding tert-OH is 1. The predicted octanol–water partition coefficient (Wildman–Crippen LogP) is 3.05. The van der Waals surface area contributed by atoms with E-state index in [1.807, 2.05) is 54.5 Å². The highest BCUT2D eigenvalue weighted by Gasteiger charge is 2.62. The van der Waals surface area contributed by atoms with Crippen molar-refractivity contribution in [2.24, 2.45) is 5.41 Å². The van der Waals surface area contributed by atoms with E-state index in [-0.39, 0.29) is 22.1 Å². The molecule has 4 nitrogen and oxygen atoms in total. The van der Waals surface area contributed by atoms with Gasteiger partial charge >= 0.3 is 6.92 Å². The molecule has 122 valence electrons. The average molecular weight is 305 g/mol. The Morgan fingerprint density at radius 3 is 2.14 bits per heavy atom. The molecule has 2 N–H and O–H groups in total. The second-order valence-corrected chi connectivity index (χ2v) is 8.50. The molecule has 1 aromatic rings. The van der Waals surface area contributed by atoms with Gasteiger partial charge < -0.3 is 14.9 Å². The summed E-state index contributed by atoms with van der Waals surface area (Å²) in [6.07, 6.45) is 1.09. The summed E-state index contributed by atoms with van der Waals surface area (Å²) in [5, 5.41) is 21.0. The molecule has 1 aliphatic rings. The van der Waals surface area contributed by atoms with Crippen LogP contribution < -0.4 is 4.74 Å². The molecular formula is C17H28BNO3. The summed E-state index contributed by atoms with van der Waals surface area (Å²) in [4.78, 5) is 4.33. The lowest BCUT2D eigenvalue weighted by Gasteiger charge is -2.37. The van der Waals surface area contributed by atoms with Crippen molar-refractivity contribution in [2.45, 2.75) is 71.3 Å². The number of aliphatic hydroxyl groups is 1. The minimum absolute atomic E-state index is 0.301. The fraction of sp³-hybridized carbons (Fsp3) is 0.706. The number of hydrogen-bond acceptors (Lipinski definition) is 4. The first-order valence-electron chi connectivity index (χ1n) is 7.89. The summed E-state index contributed by atoms with van der Waals surface area (Å²) in [5.74, 6) is 0.220. The first-order valence-corrected chi connectivity index (χ1v) is 7.89. The SMILES string of the molecule is CC(C)(C)Oc1ccc(C2B(O)C(C)(C)C(C)(C)C2O)cn1. The van der Waals surface area contributed by atoms with Crippen LogP contribution in [0.1, 0.15) is 59.8 Å². The molecule has 0 amide bonds. The van der Waals surface area contributed by atoms with Crippen LogP contribution in [0.25, 0.3) is 0 Å². The number of nitrogens with zero attached hydrogens (tertiary/aromatic N) is 1. The van der Waals surface area contributed by atoms with Gasteiger partial charge in [-0.1, -0.05) is 33.8 Å². The van der Waals surface area contributed by atoms with E-state index in [4.69, 9.17) is 4.74 Å². The molecule has 2 atom stereocenters. The van der Waals surface area contributed by atoms with E-state index in [0.29, 0.717) is 5.88 Å². The van der Waals surface area contributed by atoms with Crippen LogP contribution in [0.2, 0.25) is 5.31 Å². The molecule has 5 heteroatoms. The van der Waals surface area contributed by atoms with Crippen molar-refractivity contribution in [1.82, 2.24) is 4.98 Å². The minimum atomic E-state index is -0.617. The van der Waals surface area contributed by atoms with Crippen LogP contribution in [0.5, 0.6) is 5.88 Å². The smallest absolute Gasteiger partial charge is 0.305 e. The largest absolute Gasteiger partial charge is 0.472 e. The first-order chi connectivity index (χ1) is 9.88. The molecule has 22 heavy (non-hydrogen) atoms. The molecule has 1 aliphatic heterocycles. The van der Waals surface area contributed by atoms with Gasteiger partial charge in [-0.15, -0.1) is 0 Å². The lowest BCUT2D eigenvalue weighted by Crippen LogP contribution is -2.34. The highest BCUT2D eigenvalue weighted by Crippen LogP contribution is 2.60. The van der Waals surface area contributed by atoms with E-state index < -0.39 is 13.0 Å². The summed E-state index contributed by atoms with van der Waals surface area (Å²) in [5.41, 5.74) is 0.169. The Morgan fingerprint density at radius 1 is 1.18 bits per heavy atom. The van der Waals surface area contributed by atoms with Gasteiger partial charge in [0.1, 0.15) is 5.60 Å². The maximum absolute atomic E-state index is 10.7. The summed E-state index contributed by atoms with van der Waals surface area (Å²) in [6.45, 7) is 13.3. The maximum Gasteiger partial charge on any atom is 0.305 e. The third-order valence-corrected chi connectivity index (χ3v) is 5.37. The summed E-state index contributed by atoms with van der Waals surface area (Å²) < 4.78 is 5.72. The van der Waals surface area contributed by atoms with Crippen LogP contribution in [0.3, 0.4) is 0 Å². The van der Waals surface area contributed by atoms with Gasteiger partial charge in [0, 0.05) is 18.1 Å². The van der Waals surface area contributed by atoms with Gasteiger partial charge in [0.25, 0.3) is 0 Å². The number of hydrogen-bond donors (Lipinski definition) is 2. The quantitative estimate of drug-likeness (QED) is 0.824. The Balaban J connectivity index is 2.29. The fourth-order valence-corrected chi connectivity index (χ4v) is 3.16. The fourth-order valence-electron chi connectivity index (χ4n) is 3.16. The second-order valence-electron chi connectivity index (χ2n) is 8.50. The van der Waals surface area contributed by atoms with Crippen LogP contribution in [0.4, 0.5) is 0 Å². The van der Waals surface area contributed by atoms with Crippen molar-refractivity contribution in [3.63, 3.8) is 0 Å². The number of ether oxygens (including phenoxy) is 1. The molecule has 0 spiro atoms. The molecule has 0 radical (unpaired) electrons. The van der Waals surface area contributed by atoms with Crippen LogP contribution in [-0.2, 0) is 0 Å². The zero-order valence-corrected chi connectivity index (χ0v) is 14.7. The van der Waals surface area contributed by atoms with Gasteiger partial charge in [-0.3, -0.25) is 0 Å². The van der Waals surface area contributed by atoms with Gasteiger partial charge in [0.05, 0.1) is 6.10 Å².